The Labute approximate surface area is 127 Å². The maximum absolute atomic E-state index is 9.87. The molecule has 0 aromatic heterocycles. The van der Waals surface area contributed by atoms with Crippen LogP contribution in [0.15, 0.2) is 24.3 Å². The van der Waals surface area contributed by atoms with Gasteiger partial charge in [-0.15, -0.1) is 0 Å². The fraction of sp³-hybridized carbons (Fsp3) is 0.647. The summed E-state index contributed by atoms with van der Waals surface area (Å²) in [6.45, 7) is 1.89. The molecule has 0 spiro atoms. The van der Waals surface area contributed by atoms with Crippen LogP contribution in [-0.2, 0) is 11.3 Å². The zero-order valence-corrected chi connectivity index (χ0v) is 12.7. The number of aliphatic hydroxyl groups is 1. The second-order valence-corrected chi connectivity index (χ2v) is 5.85. The molecule has 0 aliphatic heterocycles. The fourth-order valence-corrected chi connectivity index (χ4v) is 2.69. The third-order valence-electron chi connectivity index (χ3n) is 3.99. The van der Waals surface area contributed by atoms with Crippen molar-refractivity contribution in [3.8, 4) is 5.75 Å². The zero-order chi connectivity index (χ0) is 14.9. The Bertz CT molecular complexity index is 388. The number of hydrogen-bond donors (Lipinski definition) is 2. The summed E-state index contributed by atoms with van der Waals surface area (Å²) in [7, 11) is 0. The van der Waals surface area contributed by atoms with E-state index < -0.39 is 6.10 Å². The summed E-state index contributed by atoms with van der Waals surface area (Å²) in [6, 6.07) is 7.61. The third-order valence-corrected chi connectivity index (χ3v) is 3.99. The molecule has 3 N–H and O–H groups in total. The van der Waals surface area contributed by atoms with E-state index in [1.807, 2.05) is 24.3 Å². The van der Waals surface area contributed by atoms with Crippen molar-refractivity contribution in [3.05, 3.63) is 29.8 Å². The van der Waals surface area contributed by atoms with Crippen LogP contribution in [-0.4, -0.2) is 31.0 Å². The summed E-state index contributed by atoms with van der Waals surface area (Å²) >= 11 is 0. The number of rotatable bonds is 8. The maximum Gasteiger partial charge on any atom is 0.119 e. The van der Waals surface area contributed by atoms with Crippen LogP contribution < -0.4 is 10.5 Å². The Morgan fingerprint density at radius 2 is 1.81 bits per heavy atom. The van der Waals surface area contributed by atoms with E-state index in [0.717, 1.165) is 17.9 Å². The van der Waals surface area contributed by atoms with Gasteiger partial charge in [0.05, 0.1) is 6.61 Å². The number of benzene rings is 1. The smallest absolute Gasteiger partial charge is 0.119 e. The molecule has 4 nitrogen and oxygen atoms in total. The summed E-state index contributed by atoms with van der Waals surface area (Å²) in [4.78, 5) is 0. The average Bonchev–Trinajstić information content (AvgIpc) is 2.54. The van der Waals surface area contributed by atoms with Gasteiger partial charge in [0, 0.05) is 13.2 Å². The van der Waals surface area contributed by atoms with Crippen LogP contribution in [0.1, 0.15) is 37.7 Å². The molecule has 0 radical (unpaired) electrons. The Balaban J connectivity index is 1.59. The molecule has 0 bridgehead atoms. The molecule has 21 heavy (non-hydrogen) atoms. The van der Waals surface area contributed by atoms with Gasteiger partial charge in [-0.05, 0) is 36.5 Å². The lowest BCUT2D eigenvalue weighted by atomic mass is 9.90. The minimum absolute atomic E-state index is 0.257. The second-order valence-electron chi connectivity index (χ2n) is 5.85. The third kappa shape index (κ3) is 6.04. The van der Waals surface area contributed by atoms with Crippen LogP contribution in [0.5, 0.6) is 5.75 Å². The maximum atomic E-state index is 9.87. The van der Waals surface area contributed by atoms with Crippen LogP contribution in [0.3, 0.4) is 0 Å². The lowest BCUT2D eigenvalue weighted by molar-refractivity contribution is -0.00357. The minimum atomic E-state index is -0.581. The number of ether oxygens (including phenoxy) is 2. The van der Waals surface area contributed by atoms with Crippen molar-refractivity contribution < 1.29 is 14.6 Å². The number of aliphatic hydroxyl groups excluding tert-OH is 1. The molecule has 0 amide bonds. The minimum Gasteiger partial charge on any atom is -0.491 e. The van der Waals surface area contributed by atoms with Gasteiger partial charge in [-0.25, -0.2) is 0 Å². The Hall–Kier alpha value is -1.10. The van der Waals surface area contributed by atoms with Crippen LogP contribution >= 0.6 is 0 Å². The predicted octanol–water partition coefficient (Wildman–Crippen LogP) is 2.48. The van der Waals surface area contributed by atoms with Crippen molar-refractivity contribution >= 4 is 0 Å². The second kappa shape index (κ2) is 9.03. The SMILES string of the molecule is NCc1ccc(OCC(O)COCC2CCCCC2)cc1. The van der Waals surface area contributed by atoms with Crippen LogP contribution in [0.25, 0.3) is 0 Å². The molecule has 1 aromatic carbocycles. The first-order chi connectivity index (χ1) is 10.3. The first kappa shape index (κ1) is 16.3. The highest BCUT2D eigenvalue weighted by atomic mass is 16.5. The fourth-order valence-electron chi connectivity index (χ4n) is 2.69. The highest BCUT2D eigenvalue weighted by molar-refractivity contribution is 5.27. The molecule has 1 aromatic rings. The van der Waals surface area contributed by atoms with Crippen LogP contribution in [0, 0.1) is 5.92 Å². The van der Waals surface area contributed by atoms with Crippen molar-refractivity contribution in [2.45, 2.75) is 44.8 Å². The molecule has 4 heteroatoms. The standard InChI is InChI=1S/C17H27NO3/c18-10-14-6-8-17(9-7-14)21-13-16(19)12-20-11-15-4-2-1-3-5-15/h6-9,15-16,19H,1-5,10-13,18H2. The molecular weight excluding hydrogens is 266 g/mol. The molecule has 0 saturated heterocycles. The van der Waals surface area contributed by atoms with Gasteiger partial charge >= 0.3 is 0 Å². The average molecular weight is 293 g/mol. The first-order valence-electron chi connectivity index (χ1n) is 7.95. The van der Waals surface area contributed by atoms with E-state index in [1.54, 1.807) is 0 Å². The summed E-state index contributed by atoms with van der Waals surface area (Å²) < 4.78 is 11.2. The van der Waals surface area contributed by atoms with Crippen molar-refractivity contribution in [1.29, 1.82) is 0 Å². The lowest BCUT2D eigenvalue weighted by Gasteiger charge is -2.22. The molecule has 2 rings (SSSR count). The quantitative estimate of drug-likeness (QED) is 0.773. The summed E-state index contributed by atoms with van der Waals surface area (Å²) in [5.41, 5.74) is 6.61. The largest absolute Gasteiger partial charge is 0.491 e. The number of hydrogen-bond acceptors (Lipinski definition) is 4. The van der Waals surface area contributed by atoms with E-state index in [1.165, 1.54) is 32.1 Å². The number of nitrogens with two attached hydrogens (primary N) is 1. The van der Waals surface area contributed by atoms with Gasteiger partial charge in [0.15, 0.2) is 0 Å². The van der Waals surface area contributed by atoms with E-state index in [0.29, 0.717) is 19.1 Å². The van der Waals surface area contributed by atoms with Gasteiger partial charge in [0.25, 0.3) is 0 Å². The van der Waals surface area contributed by atoms with Gasteiger partial charge in [0.1, 0.15) is 18.5 Å². The van der Waals surface area contributed by atoms with Crippen molar-refractivity contribution in [1.82, 2.24) is 0 Å². The van der Waals surface area contributed by atoms with E-state index in [2.05, 4.69) is 0 Å². The van der Waals surface area contributed by atoms with E-state index in [9.17, 15) is 5.11 Å². The lowest BCUT2D eigenvalue weighted by Crippen LogP contribution is -2.25. The Morgan fingerprint density at radius 1 is 1.10 bits per heavy atom. The van der Waals surface area contributed by atoms with Crippen molar-refractivity contribution in [3.63, 3.8) is 0 Å². The van der Waals surface area contributed by atoms with Crippen LogP contribution in [0.2, 0.25) is 0 Å². The monoisotopic (exact) mass is 293 g/mol. The van der Waals surface area contributed by atoms with Gasteiger partial charge in [0.2, 0.25) is 0 Å². The molecular formula is C17H27NO3. The van der Waals surface area contributed by atoms with Crippen molar-refractivity contribution in [2.75, 3.05) is 19.8 Å². The normalized spacial score (nSPS) is 17.6. The Kier molecular flexibility index (Phi) is 7.00. The van der Waals surface area contributed by atoms with E-state index >= 15 is 0 Å². The molecule has 1 aliphatic carbocycles. The zero-order valence-electron chi connectivity index (χ0n) is 12.7. The molecule has 1 unspecified atom stereocenters. The predicted molar refractivity (Wildman–Crippen MR) is 83.2 cm³/mol. The van der Waals surface area contributed by atoms with E-state index in [4.69, 9.17) is 15.2 Å². The molecule has 1 saturated carbocycles. The topological polar surface area (TPSA) is 64.7 Å². The molecule has 1 aliphatic rings. The Morgan fingerprint density at radius 3 is 2.48 bits per heavy atom. The van der Waals surface area contributed by atoms with Gasteiger partial charge in [-0.1, -0.05) is 31.4 Å². The molecule has 1 atom stereocenters. The molecule has 118 valence electrons. The summed E-state index contributed by atoms with van der Waals surface area (Å²) in [5.74, 6) is 1.43. The van der Waals surface area contributed by atoms with Gasteiger partial charge in [-0.2, -0.15) is 0 Å². The summed E-state index contributed by atoms with van der Waals surface area (Å²) in [6.07, 6.45) is 5.94. The van der Waals surface area contributed by atoms with Gasteiger partial charge in [-0.3, -0.25) is 0 Å². The first-order valence-corrected chi connectivity index (χ1v) is 7.95. The van der Waals surface area contributed by atoms with Crippen molar-refractivity contribution in [2.24, 2.45) is 11.7 Å². The van der Waals surface area contributed by atoms with E-state index in [-0.39, 0.29) is 6.61 Å². The highest BCUT2D eigenvalue weighted by Gasteiger charge is 2.14. The van der Waals surface area contributed by atoms with Crippen LogP contribution in [0.4, 0.5) is 0 Å². The van der Waals surface area contributed by atoms with Gasteiger partial charge < -0.3 is 20.3 Å². The molecule has 1 fully saturated rings. The highest BCUT2D eigenvalue weighted by Crippen LogP contribution is 2.23. The summed E-state index contributed by atoms with van der Waals surface area (Å²) in [5, 5.41) is 9.87. The molecule has 0 heterocycles.